The molecule has 1 unspecified atom stereocenters. The zero-order valence-electron chi connectivity index (χ0n) is 14.0. The molecule has 0 aromatic heterocycles. The van der Waals surface area contributed by atoms with Crippen LogP contribution >= 0.6 is 0 Å². The highest BCUT2D eigenvalue weighted by molar-refractivity contribution is 5.89. The summed E-state index contributed by atoms with van der Waals surface area (Å²) in [5, 5.41) is 28.4. The number of aliphatic hydroxyl groups is 1. The molecule has 1 atom stereocenters. The summed E-state index contributed by atoms with van der Waals surface area (Å²) in [6.45, 7) is 12.1. The van der Waals surface area contributed by atoms with E-state index in [0.29, 0.717) is 37.8 Å². The molecule has 0 aliphatic carbocycles. The lowest BCUT2D eigenvalue weighted by molar-refractivity contribution is -0.134. The van der Waals surface area contributed by atoms with E-state index < -0.39 is 18.0 Å². The Hall–Kier alpha value is -1.44. The Morgan fingerprint density at radius 3 is 1.86 bits per heavy atom. The molecule has 0 saturated heterocycles. The van der Waals surface area contributed by atoms with Crippen molar-refractivity contribution in [3.63, 3.8) is 0 Å². The van der Waals surface area contributed by atoms with Crippen LogP contribution in [0.1, 0.15) is 34.6 Å². The molecule has 0 fully saturated rings. The number of carboxylic acid groups (broad SMARTS) is 2. The molecule has 0 rings (SSSR count). The van der Waals surface area contributed by atoms with Gasteiger partial charge in [-0.05, 0) is 26.7 Å². The van der Waals surface area contributed by atoms with Crippen molar-refractivity contribution in [1.29, 1.82) is 0 Å². The van der Waals surface area contributed by atoms with E-state index in [1.807, 2.05) is 0 Å². The van der Waals surface area contributed by atoms with E-state index in [9.17, 15) is 14.7 Å². The third-order valence-electron chi connectivity index (χ3n) is 2.00. The number of carbonyl (C=O) groups is 2. The van der Waals surface area contributed by atoms with E-state index >= 15 is 0 Å². The van der Waals surface area contributed by atoms with Crippen molar-refractivity contribution < 1.29 is 29.6 Å². The first-order valence-electron chi connectivity index (χ1n) is 7.08. The third-order valence-corrected chi connectivity index (χ3v) is 2.00. The molecule has 0 aliphatic rings. The maximum absolute atomic E-state index is 9.55. The summed E-state index contributed by atoms with van der Waals surface area (Å²) in [4.78, 5) is 19.1. The van der Waals surface area contributed by atoms with Crippen molar-refractivity contribution in [3.8, 4) is 0 Å². The Balaban J connectivity index is 0. The average Bonchev–Trinajstić information content (AvgIpc) is 2.33. The number of aliphatic carboxylic acids is 2. The number of hydrogen-bond donors (Lipinski definition) is 4. The molecule has 7 heteroatoms. The van der Waals surface area contributed by atoms with Crippen molar-refractivity contribution in [2.24, 2.45) is 5.92 Å². The zero-order valence-corrected chi connectivity index (χ0v) is 14.0. The van der Waals surface area contributed by atoms with Gasteiger partial charge in [0, 0.05) is 30.8 Å². The van der Waals surface area contributed by atoms with E-state index in [-0.39, 0.29) is 5.54 Å². The SMILES string of the molecule is CC(C)COCC(O)CNC(C)(C)C.O=C(O)/C=C\C(=O)O. The Labute approximate surface area is 132 Å². The van der Waals surface area contributed by atoms with Crippen LogP contribution in [0.25, 0.3) is 0 Å². The summed E-state index contributed by atoms with van der Waals surface area (Å²) in [6, 6.07) is 0. The quantitative estimate of drug-likeness (QED) is 0.495. The Morgan fingerprint density at radius 1 is 1.09 bits per heavy atom. The van der Waals surface area contributed by atoms with E-state index in [2.05, 4.69) is 39.9 Å². The van der Waals surface area contributed by atoms with Gasteiger partial charge in [-0.15, -0.1) is 0 Å². The highest BCUT2D eigenvalue weighted by atomic mass is 16.5. The van der Waals surface area contributed by atoms with Crippen LogP contribution < -0.4 is 5.32 Å². The molecule has 4 N–H and O–H groups in total. The lowest BCUT2D eigenvalue weighted by atomic mass is 10.1. The molecule has 130 valence electrons. The number of ether oxygens (including phenoxy) is 1. The topological polar surface area (TPSA) is 116 Å². The molecule has 0 spiro atoms. The van der Waals surface area contributed by atoms with Gasteiger partial charge in [0.05, 0.1) is 12.7 Å². The van der Waals surface area contributed by atoms with E-state index in [0.717, 1.165) is 0 Å². The van der Waals surface area contributed by atoms with Crippen molar-refractivity contribution in [2.45, 2.75) is 46.3 Å². The number of hydrogen-bond acceptors (Lipinski definition) is 5. The normalized spacial score (nSPS) is 12.9. The lowest BCUT2D eigenvalue weighted by Gasteiger charge is -2.23. The molecule has 7 nitrogen and oxygen atoms in total. The van der Waals surface area contributed by atoms with Crippen LogP contribution in [0.2, 0.25) is 0 Å². The van der Waals surface area contributed by atoms with Gasteiger partial charge in [-0.25, -0.2) is 9.59 Å². The number of β-amino-alcohol motifs (C(OH)–C–C–N with tert-alkyl or cyclic N) is 1. The van der Waals surface area contributed by atoms with Crippen LogP contribution in [-0.4, -0.2) is 58.7 Å². The first-order chi connectivity index (χ1) is 9.94. The number of carboxylic acids is 2. The molecule has 0 bridgehead atoms. The first-order valence-corrected chi connectivity index (χ1v) is 7.08. The fourth-order valence-electron chi connectivity index (χ4n) is 1.07. The van der Waals surface area contributed by atoms with Gasteiger partial charge in [-0.3, -0.25) is 0 Å². The molecule has 22 heavy (non-hydrogen) atoms. The maximum atomic E-state index is 9.55. The van der Waals surface area contributed by atoms with Crippen LogP contribution in [0.4, 0.5) is 0 Å². The molecular formula is C15H29NO6. The van der Waals surface area contributed by atoms with Gasteiger partial charge in [0.1, 0.15) is 0 Å². The van der Waals surface area contributed by atoms with Crippen molar-refractivity contribution >= 4 is 11.9 Å². The third kappa shape index (κ3) is 23.6. The minimum absolute atomic E-state index is 0.0546. The molecule has 0 saturated carbocycles. The monoisotopic (exact) mass is 319 g/mol. The van der Waals surface area contributed by atoms with Gasteiger partial charge in [0.25, 0.3) is 0 Å². The summed E-state index contributed by atoms with van der Waals surface area (Å²) in [6.07, 6.45) is 0.706. The summed E-state index contributed by atoms with van der Waals surface area (Å²) in [7, 11) is 0. The Bertz CT molecular complexity index is 330. The molecular weight excluding hydrogens is 290 g/mol. The van der Waals surface area contributed by atoms with Gasteiger partial charge < -0.3 is 25.4 Å². The van der Waals surface area contributed by atoms with Crippen molar-refractivity contribution in [2.75, 3.05) is 19.8 Å². The average molecular weight is 319 g/mol. The van der Waals surface area contributed by atoms with Crippen LogP contribution in [0.15, 0.2) is 12.2 Å². The highest BCUT2D eigenvalue weighted by Gasteiger charge is 2.12. The fourth-order valence-corrected chi connectivity index (χ4v) is 1.07. The second-order valence-electron chi connectivity index (χ2n) is 6.23. The molecule has 0 radical (unpaired) electrons. The van der Waals surface area contributed by atoms with E-state index in [4.69, 9.17) is 14.9 Å². The summed E-state index contributed by atoms with van der Waals surface area (Å²) in [5.74, 6) is -1.99. The smallest absolute Gasteiger partial charge is 0.328 e. The number of aliphatic hydroxyl groups excluding tert-OH is 1. The maximum Gasteiger partial charge on any atom is 0.328 e. The second kappa shape index (κ2) is 12.1. The molecule has 0 amide bonds. The van der Waals surface area contributed by atoms with Crippen LogP contribution in [0, 0.1) is 5.92 Å². The number of rotatable bonds is 8. The summed E-state index contributed by atoms with van der Waals surface area (Å²) in [5.41, 5.74) is 0.0546. The fraction of sp³-hybridized carbons (Fsp3) is 0.733. The van der Waals surface area contributed by atoms with Crippen LogP contribution in [-0.2, 0) is 14.3 Å². The largest absolute Gasteiger partial charge is 0.478 e. The van der Waals surface area contributed by atoms with Gasteiger partial charge in [0.15, 0.2) is 0 Å². The summed E-state index contributed by atoms with van der Waals surface area (Å²) >= 11 is 0. The Morgan fingerprint density at radius 2 is 1.55 bits per heavy atom. The molecule has 0 aromatic carbocycles. The van der Waals surface area contributed by atoms with Gasteiger partial charge >= 0.3 is 11.9 Å². The van der Waals surface area contributed by atoms with E-state index in [1.54, 1.807) is 0 Å². The molecule has 0 heterocycles. The lowest BCUT2D eigenvalue weighted by Crippen LogP contribution is -2.42. The highest BCUT2D eigenvalue weighted by Crippen LogP contribution is 1.99. The second-order valence-corrected chi connectivity index (χ2v) is 6.23. The zero-order chi connectivity index (χ0) is 17.8. The van der Waals surface area contributed by atoms with Crippen molar-refractivity contribution in [3.05, 3.63) is 12.2 Å². The Kier molecular flexibility index (Phi) is 12.6. The molecule has 0 aliphatic heterocycles. The van der Waals surface area contributed by atoms with Gasteiger partial charge in [-0.2, -0.15) is 0 Å². The predicted molar refractivity (Wildman–Crippen MR) is 83.8 cm³/mol. The molecule has 0 aromatic rings. The summed E-state index contributed by atoms with van der Waals surface area (Å²) < 4.78 is 5.33. The minimum atomic E-state index is -1.26. The van der Waals surface area contributed by atoms with Gasteiger partial charge in [0.2, 0.25) is 0 Å². The van der Waals surface area contributed by atoms with E-state index in [1.165, 1.54) is 0 Å². The number of nitrogens with one attached hydrogen (secondary N) is 1. The first kappa shape index (κ1) is 22.8. The standard InChI is InChI=1S/C11H25NO2.C4H4O4/c1-9(2)7-14-8-10(13)6-12-11(3,4)5;5-3(6)1-2-4(7)8/h9-10,12-13H,6-8H2,1-5H3;1-2H,(H,5,6)(H,7,8)/b;2-1-. The predicted octanol–water partition coefficient (Wildman–Crippen LogP) is 1.12. The van der Waals surface area contributed by atoms with Gasteiger partial charge in [-0.1, -0.05) is 13.8 Å². The minimum Gasteiger partial charge on any atom is -0.478 e. The van der Waals surface area contributed by atoms with Crippen molar-refractivity contribution in [1.82, 2.24) is 5.32 Å². The van der Waals surface area contributed by atoms with Crippen LogP contribution in [0.5, 0.6) is 0 Å². The van der Waals surface area contributed by atoms with Crippen LogP contribution in [0.3, 0.4) is 0 Å².